The first-order chi connectivity index (χ1) is 10.9. The Bertz CT molecular complexity index is 477. The molecule has 0 heterocycles. The summed E-state index contributed by atoms with van der Waals surface area (Å²) in [4.78, 5) is 11.1. The molecule has 0 amide bonds. The minimum atomic E-state index is -4.59. The van der Waals surface area contributed by atoms with Crippen molar-refractivity contribution in [2.75, 3.05) is 25.7 Å². The molecule has 0 aliphatic carbocycles. The molecule has 0 N–H and O–H groups in total. The van der Waals surface area contributed by atoms with Gasteiger partial charge in [-0.05, 0) is 24.6 Å². The summed E-state index contributed by atoms with van der Waals surface area (Å²) in [6, 6.07) is 5.36. The van der Waals surface area contributed by atoms with Gasteiger partial charge in [-0.15, -0.1) is 11.6 Å². The van der Waals surface area contributed by atoms with Crippen LogP contribution in [0.15, 0.2) is 24.3 Å². The highest BCUT2D eigenvalue weighted by Crippen LogP contribution is 2.36. The van der Waals surface area contributed by atoms with Crippen LogP contribution in [0.2, 0.25) is 0 Å². The number of benzene rings is 1. The van der Waals surface area contributed by atoms with Gasteiger partial charge >= 0.3 is 12.1 Å². The zero-order chi connectivity index (χ0) is 17.3. The molecular weight excluding hydrogens is 337 g/mol. The quantitative estimate of drug-likeness (QED) is 0.498. The fourth-order valence-electron chi connectivity index (χ4n) is 1.77. The highest BCUT2D eigenvalue weighted by Gasteiger charge is 2.41. The highest BCUT2D eigenvalue weighted by atomic mass is 35.5. The molecule has 0 saturated heterocycles. The number of esters is 1. The maximum Gasteiger partial charge on any atom is 0.418 e. The van der Waals surface area contributed by atoms with Crippen LogP contribution in [-0.2, 0) is 14.3 Å². The van der Waals surface area contributed by atoms with E-state index < -0.39 is 18.2 Å². The third kappa shape index (κ3) is 7.09. The van der Waals surface area contributed by atoms with Crippen LogP contribution in [0.25, 0.3) is 0 Å². The maximum atomic E-state index is 13.1. The molecule has 1 atom stereocenters. The smallest absolute Gasteiger partial charge is 0.418 e. The van der Waals surface area contributed by atoms with Crippen LogP contribution in [0.3, 0.4) is 0 Å². The maximum absolute atomic E-state index is 13.1. The molecule has 1 aromatic carbocycles. The summed E-state index contributed by atoms with van der Waals surface area (Å²) in [5, 5.41) is 0. The SMILES string of the molecule is CCOC(=O)CCOC(c1ccc(OCCCl)cc1)C(F)(F)F. The molecule has 0 fully saturated rings. The number of hydrogen-bond acceptors (Lipinski definition) is 4. The third-order valence-corrected chi connectivity index (χ3v) is 2.88. The van der Waals surface area contributed by atoms with Gasteiger partial charge in [0.1, 0.15) is 12.4 Å². The monoisotopic (exact) mass is 354 g/mol. The number of halogens is 4. The van der Waals surface area contributed by atoms with E-state index in [1.807, 2.05) is 0 Å². The molecule has 0 radical (unpaired) electrons. The van der Waals surface area contributed by atoms with Gasteiger partial charge in [0.05, 0.1) is 25.5 Å². The summed E-state index contributed by atoms with van der Waals surface area (Å²) in [5.41, 5.74) is -0.0698. The second kappa shape index (κ2) is 9.62. The van der Waals surface area contributed by atoms with E-state index >= 15 is 0 Å². The van der Waals surface area contributed by atoms with E-state index in [0.717, 1.165) is 0 Å². The van der Waals surface area contributed by atoms with Crippen molar-refractivity contribution in [3.63, 3.8) is 0 Å². The summed E-state index contributed by atoms with van der Waals surface area (Å²) in [6.45, 7) is 1.67. The molecule has 8 heteroatoms. The predicted molar refractivity (Wildman–Crippen MR) is 78.7 cm³/mol. The Balaban J connectivity index is 2.69. The van der Waals surface area contributed by atoms with E-state index in [2.05, 4.69) is 4.74 Å². The summed E-state index contributed by atoms with van der Waals surface area (Å²) < 4.78 is 54.0. The Morgan fingerprint density at radius 2 is 1.87 bits per heavy atom. The van der Waals surface area contributed by atoms with Crippen molar-refractivity contribution in [3.8, 4) is 5.75 Å². The first kappa shape index (κ1) is 19.6. The fraction of sp³-hybridized carbons (Fsp3) is 0.533. The molecule has 0 aliphatic rings. The van der Waals surface area contributed by atoms with Crippen molar-refractivity contribution in [1.29, 1.82) is 0 Å². The topological polar surface area (TPSA) is 44.8 Å². The minimum Gasteiger partial charge on any atom is -0.492 e. The van der Waals surface area contributed by atoms with Gasteiger partial charge in [0.15, 0.2) is 6.10 Å². The molecule has 0 bridgehead atoms. The van der Waals surface area contributed by atoms with E-state index in [1.54, 1.807) is 6.92 Å². The fourth-order valence-corrected chi connectivity index (χ4v) is 1.85. The first-order valence-electron chi connectivity index (χ1n) is 7.01. The standard InChI is InChI=1S/C15H18ClF3O4/c1-2-21-13(20)7-9-23-14(15(17,18)19)11-3-5-12(6-4-11)22-10-8-16/h3-6,14H,2,7-10H2,1H3. The molecule has 0 spiro atoms. The van der Waals surface area contributed by atoms with E-state index in [1.165, 1.54) is 24.3 Å². The van der Waals surface area contributed by atoms with Crippen molar-refractivity contribution in [2.24, 2.45) is 0 Å². The van der Waals surface area contributed by atoms with Crippen molar-refractivity contribution in [2.45, 2.75) is 25.6 Å². The predicted octanol–water partition coefficient (Wildman–Crippen LogP) is 3.88. The molecule has 1 unspecified atom stereocenters. The lowest BCUT2D eigenvalue weighted by atomic mass is 10.1. The number of alkyl halides is 4. The van der Waals surface area contributed by atoms with Crippen LogP contribution < -0.4 is 4.74 Å². The van der Waals surface area contributed by atoms with Gasteiger partial charge in [-0.3, -0.25) is 4.79 Å². The number of carbonyl (C=O) groups is 1. The van der Waals surface area contributed by atoms with E-state index in [4.69, 9.17) is 21.1 Å². The van der Waals surface area contributed by atoms with Gasteiger partial charge in [0, 0.05) is 0 Å². The largest absolute Gasteiger partial charge is 0.492 e. The number of rotatable bonds is 9. The molecule has 1 rings (SSSR count). The second-order valence-corrected chi connectivity index (χ2v) is 4.83. The van der Waals surface area contributed by atoms with Crippen LogP contribution in [-0.4, -0.2) is 37.8 Å². The lowest BCUT2D eigenvalue weighted by molar-refractivity contribution is -0.224. The van der Waals surface area contributed by atoms with Gasteiger partial charge in [-0.1, -0.05) is 12.1 Å². The Kier molecular flexibility index (Phi) is 8.19. The number of hydrogen-bond donors (Lipinski definition) is 0. The second-order valence-electron chi connectivity index (χ2n) is 4.45. The van der Waals surface area contributed by atoms with Crippen molar-refractivity contribution >= 4 is 17.6 Å². The average molecular weight is 355 g/mol. The molecule has 23 heavy (non-hydrogen) atoms. The summed E-state index contributed by atoms with van der Waals surface area (Å²) in [6.07, 6.45) is -6.94. The zero-order valence-electron chi connectivity index (χ0n) is 12.6. The summed E-state index contributed by atoms with van der Waals surface area (Å²) in [5.74, 6) is 0.101. The molecular formula is C15H18ClF3O4. The molecule has 0 aromatic heterocycles. The van der Waals surface area contributed by atoms with E-state index in [0.29, 0.717) is 5.75 Å². The first-order valence-corrected chi connectivity index (χ1v) is 7.54. The highest BCUT2D eigenvalue weighted by molar-refractivity contribution is 6.18. The van der Waals surface area contributed by atoms with Crippen molar-refractivity contribution in [3.05, 3.63) is 29.8 Å². The van der Waals surface area contributed by atoms with Crippen LogP contribution in [0.1, 0.15) is 25.0 Å². The van der Waals surface area contributed by atoms with Gasteiger partial charge < -0.3 is 14.2 Å². The van der Waals surface area contributed by atoms with Crippen LogP contribution in [0.4, 0.5) is 13.2 Å². The minimum absolute atomic E-state index is 0.0698. The molecule has 0 aliphatic heterocycles. The van der Waals surface area contributed by atoms with Gasteiger partial charge in [0.2, 0.25) is 0 Å². The van der Waals surface area contributed by atoms with E-state index in [9.17, 15) is 18.0 Å². The van der Waals surface area contributed by atoms with Crippen LogP contribution in [0.5, 0.6) is 5.75 Å². The number of carbonyl (C=O) groups excluding carboxylic acids is 1. The van der Waals surface area contributed by atoms with Gasteiger partial charge in [-0.25, -0.2) is 0 Å². The normalized spacial score (nSPS) is 12.7. The van der Waals surface area contributed by atoms with Crippen LogP contribution >= 0.6 is 11.6 Å². The zero-order valence-corrected chi connectivity index (χ0v) is 13.3. The van der Waals surface area contributed by atoms with Crippen LogP contribution in [0, 0.1) is 0 Å². The molecule has 0 saturated carbocycles. The molecule has 130 valence electrons. The Morgan fingerprint density at radius 1 is 1.22 bits per heavy atom. The van der Waals surface area contributed by atoms with Crippen molar-refractivity contribution < 1.29 is 32.2 Å². The number of ether oxygens (including phenoxy) is 3. The van der Waals surface area contributed by atoms with Gasteiger partial charge in [0.25, 0.3) is 0 Å². The Morgan fingerprint density at radius 3 is 2.39 bits per heavy atom. The molecule has 4 nitrogen and oxygen atoms in total. The summed E-state index contributed by atoms with van der Waals surface area (Å²) >= 11 is 5.47. The Hall–Kier alpha value is -1.47. The van der Waals surface area contributed by atoms with Crippen molar-refractivity contribution in [1.82, 2.24) is 0 Å². The molecule has 1 aromatic rings. The average Bonchev–Trinajstić information content (AvgIpc) is 2.49. The lowest BCUT2D eigenvalue weighted by Gasteiger charge is -2.21. The lowest BCUT2D eigenvalue weighted by Crippen LogP contribution is -2.24. The van der Waals surface area contributed by atoms with E-state index in [-0.39, 0.29) is 37.7 Å². The Labute approximate surface area is 137 Å². The summed E-state index contributed by atoms with van der Waals surface area (Å²) in [7, 11) is 0. The third-order valence-electron chi connectivity index (χ3n) is 2.72. The van der Waals surface area contributed by atoms with Gasteiger partial charge in [-0.2, -0.15) is 13.2 Å².